The zero-order valence-electron chi connectivity index (χ0n) is 13.4. The molecule has 3 nitrogen and oxygen atoms in total. The zero-order valence-corrected chi connectivity index (χ0v) is 14.3. The van der Waals surface area contributed by atoms with Gasteiger partial charge in [0.1, 0.15) is 0 Å². The first-order chi connectivity index (χ1) is 10.3. The third-order valence-corrected chi connectivity index (χ3v) is 5.38. The molecule has 3 rings (SSSR count). The Kier molecular flexibility index (Phi) is 3.60. The van der Waals surface area contributed by atoms with E-state index in [0.29, 0.717) is 6.42 Å². The van der Waals surface area contributed by atoms with Crippen molar-refractivity contribution in [3.8, 4) is 0 Å². The number of nitrogens with one attached hydrogen (secondary N) is 1. The van der Waals surface area contributed by atoms with E-state index < -0.39 is 0 Å². The van der Waals surface area contributed by atoms with Crippen molar-refractivity contribution >= 4 is 22.9 Å². The van der Waals surface area contributed by atoms with Crippen LogP contribution in [-0.2, 0) is 9.59 Å². The second kappa shape index (κ2) is 5.20. The van der Waals surface area contributed by atoms with Gasteiger partial charge in [-0.3, -0.25) is 9.59 Å². The van der Waals surface area contributed by atoms with Gasteiger partial charge < -0.3 is 5.32 Å². The van der Waals surface area contributed by atoms with Crippen LogP contribution in [0.3, 0.4) is 0 Å². The lowest BCUT2D eigenvalue weighted by Gasteiger charge is -2.39. The second-order valence-corrected chi connectivity index (χ2v) is 7.98. The third-order valence-electron chi connectivity index (χ3n) is 4.45. The average Bonchev–Trinajstić information content (AvgIpc) is 2.88. The van der Waals surface area contributed by atoms with Crippen LogP contribution in [0.4, 0.5) is 0 Å². The molecule has 0 bridgehead atoms. The van der Waals surface area contributed by atoms with E-state index in [1.807, 2.05) is 24.4 Å². The lowest BCUT2D eigenvalue weighted by atomic mass is 9.69. The largest absolute Gasteiger partial charge is 0.362 e. The number of Topliss-reactive ketones (excluding diaryl/α,β-unsaturated/α-hetero) is 2. The fourth-order valence-electron chi connectivity index (χ4n) is 3.64. The molecule has 1 unspecified atom stereocenters. The molecule has 1 aromatic heterocycles. The number of carbonyl (C=O) groups is 2. The van der Waals surface area contributed by atoms with E-state index in [4.69, 9.17) is 0 Å². The molecule has 0 aromatic carbocycles. The smallest absolute Gasteiger partial charge is 0.162 e. The van der Waals surface area contributed by atoms with Crippen LogP contribution in [0.15, 0.2) is 40.1 Å². The van der Waals surface area contributed by atoms with Crippen molar-refractivity contribution in [1.82, 2.24) is 5.32 Å². The fourth-order valence-corrected chi connectivity index (χ4v) is 4.49. The van der Waals surface area contributed by atoms with Crippen molar-refractivity contribution in [2.45, 2.75) is 46.5 Å². The van der Waals surface area contributed by atoms with Gasteiger partial charge in [-0.25, -0.2) is 0 Å². The predicted octanol–water partition coefficient (Wildman–Crippen LogP) is 3.94. The van der Waals surface area contributed by atoms with Crippen LogP contribution >= 0.6 is 11.3 Å². The van der Waals surface area contributed by atoms with Crippen LogP contribution in [0.2, 0.25) is 0 Å². The lowest BCUT2D eigenvalue weighted by molar-refractivity contribution is -0.118. The molecular weight excluding hydrogens is 294 g/mol. The van der Waals surface area contributed by atoms with E-state index in [9.17, 15) is 9.59 Å². The maximum atomic E-state index is 12.8. The monoisotopic (exact) mass is 315 g/mol. The molecule has 1 aliphatic carbocycles. The number of dihydropyridines is 1. The van der Waals surface area contributed by atoms with Crippen LogP contribution in [-0.4, -0.2) is 11.6 Å². The van der Waals surface area contributed by atoms with Crippen molar-refractivity contribution in [3.05, 3.63) is 44.9 Å². The van der Waals surface area contributed by atoms with Gasteiger partial charge in [-0.05, 0) is 37.1 Å². The van der Waals surface area contributed by atoms with Gasteiger partial charge in [0.05, 0.1) is 5.92 Å². The van der Waals surface area contributed by atoms with E-state index >= 15 is 0 Å². The number of hydrogen-bond acceptors (Lipinski definition) is 4. The summed E-state index contributed by atoms with van der Waals surface area (Å²) in [6, 6.07) is 4.00. The lowest BCUT2D eigenvalue weighted by Crippen LogP contribution is -2.37. The summed E-state index contributed by atoms with van der Waals surface area (Å²) in [7, 11) is 0. The molecule has 0 spiro atoms. The molecule has 4 heteroatoms. The van der Waals surface area contributed by atoms with Crippen molar-refractivity contribution in [2.24, 2.45) is 5.41 Å². The Bertz CT molecular complexity index is 707. The molecule has 1 atom stereocenters. The first-order valence-electron chi connectivity index (χ1n) is 7.58. The summed E-state index contributed by atoms with van der Waals surface area (Å²) in [4.78, 5) is 26.1. The molecule has 0 saturated heterocycles. The number of rotatable bonds is 2. The summed E-state index contributed by atoms with van der Waals surface area (Å²) in [5.74, 6) is 0.00772. The molecular formula is C18H21NO2S. The minimum atomic E-state index is -0.197. The third kappa shape index (κ3) is 2.45. The number of allylic oxidation sites excluding steroid dienone is 4. The minimum Gasteiger partial charge on any atom is -0.362 e. The number of thiophene rings is 1. The normalized spacial score (nSPS) is 24.2. The summed E-state index contributed by atoms with van der Waals surface area (Å²) in [5, 5.41) is 5.35. The molecule has 116 valence electrons. The van der Waals surface area contributed by atoms with Gasteiger partial charge in [0, 0.05) is 33.8 Å². The summed E-state index contributed by atoms with van der Waals surface area (Å²) in [5.41, 5.74) is 3.39. The van der Waals surface area contributed by atoms with E-state index in [2.05, 4.69) is 19.2 Å². The summed E-state index contributed by atoms with van der Waals surface area (Å²) >= 11 is 1.61. The van der Waals surface area contributed by atoms with Crippen molar-refractivity contribution in [1.29, 1.82) is 0 Å². The zero-order chi connectivity index (χ0) is 16.1. The van der Waals surface area contributed by atoms with E-state index in [-0.39, 0.29) is 22.9 Å². The Morgan fingerprint density at radius 3 is 2.68 bits per heavy atom. The predicted molar refractivity (Wildman–Crippen MR) is 88.6 cm³/mol. The van der Waals surface area contributed by atoms with Gasteiger partial charge in [0.25, 0.3) is 0 Å². The van der Waals surface area contributed by atoms with Crippen LogP contribution in [0.5, 0.6) is 0 Å². The van der Waals surface area contributed by atoms with E-state index in [1.54, 1.807) is 18.3 Å². The Morgan fingerprint density at radius 2 is 2.09 bits per heavy atom. The molecule has 0 fully saturated rings. The molecule has 2 heterocycles. The van der Waals surface area contributed by atoms with Crippen molar-refractivity contribution in [2.75, 3.05) is 0 Å². The van der Waals surface area contributed by atoms with Gasteiger partial charge in [-0.15, -0.1) is 11.3 Å². The molecule has 2 aliphatic rings. The molecule has 0 amide bonds. The van der Waals surface area contributed by atoms with Gasteiger partial charge in [-0.2, -0.15) is 0 Å². The van der Waals surface area contributed by atoms with E-state index in [1.165, 1.54) is 0 Å². The highest BCUT2D eigenvalue weighted by Crippen LogP contribution is 2.47. The topological polar surface area (TPSA) is 46.2 Å². The highest BCUT2D eigenvalue weighted by molar-refractivity contribution is 7.10. The Hall–Kier alpha value is -1.68. The first-order valence-corrected chi connectivity index (χ1v) is 8.46. The van der Waals surface area contributed by atoms with Crippen LogP contribution in [0.1, 0.15) is 51.3 Å². The van der Waals surface area contributed by atoms with Gasteiger partial charge in [0.15, 0.2) is 11.6 Å². The first kappa shape index (κ1) is 15.2. The highest BCUT2D eigenvalue weighted by Gasteiger charge is 2.42. The van der Waals surface area contributed by atoms with Crippen LogP contribution < -0.4 is 5.32 Å². The summed E-state index contributed by atoms with van der Waals surface area (Å²) in [6.45, 7) is 7.77. The molecule has 0 saturated carbocycles. The molecule has 22 heavy (non-hydrogen) atoms. The summed E-state index contributed by atoms with van der Waals surface area (Å²) in [6.07, 6.45) is 1.39. The van der Waals surface area contributed by atoms with Crippen LogP contribution in [0.25, 0.3) is 0 Å². The maximum absolute atomic E-state index is 12.8. The van der Waals surface area contributed by atoms with Crippen LogP contribution in [0, 0.1) is 5.41 Å². The molecule has 1 N–H and O–H groups in total. The number of ketones is 2. The molecule has 0 radical (unpaired) electrons. The Labute approximate surface area is 135 Å². The second-order valence-electron chi connectivity index (χ2n) is 7.00. The van der Waals surface area contributed by atoms with Crippen molar-refractivity contribution in [3.63, 3.8) is 0 Å². The maximum Gasteiger partial charge on any atom is 0.162 e. The van der Waals surface area contributed by atoms with Gasteiger partial charge in [0.2, 0.25) is 0 Å². The average molecular weight is 315 g/mol. The quantitative estimate of drug-likeness (QED) is 0.899. The van der Waals surface area contributed by atoms with Gasteiger partial charge >= 0.3 is 0 Å². The Balaban J connectivity index is 2.18. The highest BCUT2D eigenvalue weighted by atomic mass is 32.1. The van der Waals surface area contributed by atoms with Crippen molar-refractivity contribution < 1.29 is 9.59 Å². The molecule has 1 aromatic rings. The SMILES string of the molecule is CC(=O)C1=C(C)NC2=C(C(=O)CC(C)(C)C2)C1c1cccs1. The summed E-state index contributed by atoms with van der Waals surface area (Å²) < 4.78 is 0. The van der Waals surface area contributed by atoms with E-state index in [0.717, 1.165) is 33.8 Å². The Morgan fingerprint density at radius 1 is 1.36 bits per heavy atom. The number of hydrogen-bond donors (Lipinski definition) is 1. The fraction of sp³-hybridized carbons (Fsp3) is 0.444. The van der Waals surface area contributed by atoms with Gasteiger partial charge in [-0.1, -0.05) is 19.9 Å². The number of carbonyl (C=O) groups excluding carboxylic acids is 2. The minimum absolute atomic E-state index is 0.0308. The molecule has 1 aliphatic heterocycles. The standard InChI is InChI=1S/C18H21NO2S/c1-10-15(11(2)20)17(14-6-5-7-22-14)16-12(19-10)8-18(3,4)9-13(16)21/h5-7,17,19H,8-9H2,1-4H3.